The zero-order valence-corrected chi connectivity index (χ0v) is 6.81. The van der Waals surface area contributed by atoms with E-state index in [2.05, 4.69) is 6.92 Å². The molecule has 50 valence electrons. The van der Waals surface area contributed by atoms with E-state index in [1.54, 1.807) is 0 Å². The Morgan fingerprint density at radius 1 is 1.50 bits per heavy atom. The van der Waals surface area contributed by atoms with Crippen LogP contribution in [0, 0.1) is 0 Å². The van der Waals surface area contributed by atoms with Gasteiger partial charge in [0.25, 0.3) is 0 Å². The van der Waals surface area contributed by atoms with Gasteiger partial charge in [0.05, 0.1) is 0 Å². The quantitative estimate of drug-likeness (QED) is 0.429. The fraction of sp³-hybridized carbons (Fsp3) is 1.00. The molecule has 0 amide bonds. The third kappa shape index (κ3) is 6.14. The van der Waals surface area contributed by atoms with E-state index in [-0.39, 0.29) is 0 Å². The van der Waals surface area contributed by atoms with E-state index in [0.29, 0.717) is 0 Å². The Morgan fingerprint density at radius 3 is 2.75 bits per heavy atom. The highest BCUT2D eigenvalue weighted by Crippen LogP contribution is 1.92. The summed E-state index contributed by atoms with van der Waals surface area (Å²) in [4.78, 5) is 8.28. The Balaban J connectivity index is 2.53. The summed E-state index contributed by atoms with van der Waals surface area (Å²) in [7, 11) is -1.11. The van der Waals surface area contributed by atoms with Crippen LogP contribution in [0.1, 0.15) is 26.2 Å². The van der Waals surface area contributed by atoms with Crippen molar-refractivity contribution in [1.82, 2.24) is 0 Å². The maximum Gasteiger partial charge on any atom is 0.301 e. The molecule has 0 saturated heterocycles. The summed E-state index contributed by atoms with van der Waals surface area (Å²) >= 11 is 0. The van der Waals surface area contributed by atoms with Crippen LogP contribution >= 0.6 is 0 Å². The fourth-order valence-electron chi connectivity index (χ4n) is 0.519. The Labute approximate surface area is 52.9 Å². The largest absolute Gasteiger partial charge is 0.415 e. The molecule has 2 nitrogen and oxygen atoms in total. The van der Waals surface area contributed by atoms with Crippen molar-refractivity contribution < 1.29 is 9.22 Å². The topological polar surface area (TPSA) is 29.5 Å². The van der Waals surface area contributed by atoms with Crippen molar-refractivity contribution in [2.75, 3.05) is 6.61 Å². The second kappa shape index (κ2) is 7.14. The van der Waals surface area contributed by atoms with Crippen molar-refractivity contribution in [3.05, 3.63) is 0 Å². The van der Waals surface area contributed by atoms with Gasteiger partial charge < -0.3 is 9.22 Å². The van der Waals surface area contributed by atoms with Crippen LogP contribution in [0.3, 0.4) is 0 Å². The number of hydrogen-bond donors (Lipinski definition) is 1. The highest BCUT2D eigenvalue weighted by molar-refractivity contribution is 6.15. The predicted octanol–water partition coefficient (Wildman–Crippen LogP) is 0.184. The highest BCUT2D eigenvalue weighted by atomic mass is 28.2. The van der Waals surface area contributed by atoms with Gasteiger partial charge in [-0.3, -0.25) is 0 Å². The zero-order chi connectivity index (χ0) is 6.24. The normalized spacial score (nSPS) is 11.2. The van der Waals surface area contributed by atoms with Crippen LogP contribution in [-0.4, -0.2) is 21.4 Å². The summed E-state index contributed by atoms with van der Waals surface area (Å²) in [6, 6.07) is 0. The maximum absolute atomic E-state index is 8.28. The lowest BCUT2D eigenvalue weighted by molar-refractivity contribution is 0.276. The fourth-order valence-corrected chi connectivity index (χ4v) is 0.852. The minimum atomic E-state index is -1.11. The highest BCUT2D eigenvalue weighted by Gasteiger charge is 1.83. The van der Waals surface area contributed by atoms with Crippen LogP contribution in [-0.2, 0) is 4.43 Å². The van der Waals surface area contributed by atoms with Crippen LogP contribution in [0.15, 0.2) is 0 Å². The molecule has 0 heterocycles. The molecule has 0 rings (SSSR count). The van der Waals surface area contributed by atoms with E-state index in [4.69, 9.17) is 9.22 Å². The average molecular weight is 134 g/mol. The van der Waals surface area contributed by atoms with Crippen molar-refractivity contribution in [2.45, 2.75) is 26.2 Å². The Morgan fingerprint density at radius 2 is 2.25 bits per heavy atom. The number of rotatable bonds is 5. The maximum atomic E-state index is 8.28. The molecule has 0 aromatic carbocycles. The van der Waals surface area contributed by atoms with Gasteiger partial charge >= 0.3 is 10.0 Å². The van der Waals surface area contributed by atoms with Crippen LogP contribution in [0.4, 0.5) is 0 Å². The lowest BCUT2D eigenvalue weighted by Crippen LogP contribution is -1.98. The van der Waals surface area contributed by atoms with Crippen LogP contribution in [0.2, 0.25) is 0 Å². The first-order valence-electron chi connectivity index (χ1n) is 3.10. The van der Waals surface area contributed by atoms with Crippen molar-refractivity contribution in [2.24, 2.45) is 0 Å². The van der Waals surface area contributed by atoms with E-state index < -0.39 is 10.0 Å². The number of unbranched alkanes of at least 4 members (excludes halogenated alkanes) is 2. The lowest BCUT2D eigenvalue weighted by atomic mass is 10.3. The first-order valence-corrected chi connectivity index (χ1v) is 4.31. The molecule has 0 saturated carbocycles. The summed E-state index contributed by atoms with van der Waals surface area (Å²) in [5.74, 6) is 0. The summed E-state index contributed by atoms with van der Waals surface area (Å²) < 4.78 is 4.83. The van der Waals surface area contributed by atoms with E-state index in [9.17, 15) is 0 Å². The van der Waals surface area contributed by atoms with Gasteiger partial charge in [-0.15, -0.1) is 0 Å². The average Bonchev–Trinajstić information content (AvgIpc) is 1.81. The van der Waals surface area contributed by atoms with Gasteiger partial charge in [-0.2, -0.15) is 0 Å². The SMILES string of the molecule is CCCCCO[SiH2]O. The smallest absolute Gasteiger partial charge is 0.301 e. The third-order valence-electron chi connectivity index (χ3n) is 0.984. The number of hydrogen-bond acceptors (Lipinski definition) is 2. The molecule has 0 radical (unpaired) electrons. The van der Waals surface area contributed by atoms with Crippen molar-refractivity contribution in [1.29, 1.82) is 0 Å². The molecule has 0 fully saturated rings. The lowest BCUT2D eigenvalue weighted by Gasteiger charge is -1.96. The van der Waals surface area contributed by atoms with Gasteiger partial charge in [0.15, 0.2) is 0 Å². The molecule has 0 aliphatic rings. The second-order valence-corrected chi connectivity index (χ2v) is 2.41. The molecule has 0 unspecified atom stereocenters. The molecule has 0 aliphatic carbocycles. The van der Waals surface area contributed by atoms with Gasteiger partial charge in [-0.25, -0.2) is 0 Å². The molecule has 8 heavy (non-hydrogen) atoms. The second-order valence-electron chi connectivity index (χ2n) is 1.74. The van der Waals surface area contributed by atoms with E-state index in [1.165, 1.54) is 12.8 Å². The molecule has 0 aliphatic heterocycles. The molecule has 0 spiro atoms. The van der Waals surface area contributed by atoms with Crippen molar-refractivity contribution in [3.8, 4) is 0 Å². The van der Waals surface area contributed by atoms with Gasteiger partial charge in [-0.1, -0.05) is 19.8 Å². The Kier molecular flexibility index (Phi) is 7.26. The Hall–Kier alpha value is 0.137. The van der Waals surface area contributed by atoms with Gasteiger partial charge in [0, 0.05) is 6.61 Å². The Bertz CT molecular complexity index is 35.4. The molecule has 3 heteroatoms. The first-order chi connectivity index (χ1) is 3.91. The standard InChI is InChI=1S/C5H14O2Si/c1-2-3-4-5-7-8-6/h6H,2-5,8H2,1H3. The molecular formula is C5H14O2Si. The van der Waals surface area contributed by atoms with Gasteiger partial charge in [0.2, 0.25) is 0 Å². The molecule has 1 N–H and O–H groups in total. The molecule has 0 aromatic rings. The van der Waals surface area contributed by atoms with E-state index in [1.807, 2.05) is 0 Å². The molecule has 0 atom stereocenters. The zero-order valence-electron chi connectivity index (χ0n) is 5.39. The van der Waals surface area contributed by atoms with Crippen LogP contribution in [0.25, 0.3) is 0 Å². The van der Waals surface area contributed by atoms with Crippen molar-refractivity contribution >= 4 is 10.0 Å². The first kappa shape index (κ1) is 8.14. The summed E-state index contributed by atoms with van der Waals surface area (Å²) in [6.07, 6.45) is 3.54. The monoisotopic (exact) mass is 134 g/mol. The molecule has 0 bridgehead atoms. The minimum absolute atomic E-state index is 0.760. The summed E-state index contributed by atoms with van der Waals surface area (Å²) in [6.45, 7) is 2.91. The van der Waals surface area contributed by atoms with Crippen LogP contribution < -0.4 is 0 Å². The predicted molar refractivity (Wildman–Crippen MR) is 36.2 cm³/mol. The van der Waals surface area contributed by atoms with Gasteiger partial charge in [0.1, 0.15) is 0 Å². The molecular weight excluding hydrogens is 120 g/mol. The van der Waals surface area contributed by atoms with E-state index in [0.717, 1.165) is 13.0 Å². The molecule has 0 aromatic heterocycles. The van der Waals surface area contributed by atoms with Crippen LogP contribution in [0.5, 0.6) is 0 Å². The van der Waals surface area contributed by atoms with Gasteiger partial charge in [-0.05, 0) is 6.42 Å². The summed E-state index contributed by atoms with van der Waals surface area (Å²) in [5, 5.41) is 0. The van der Waals surface area contributed by atoms with Crippen molar-refractivity contribution in [3.63, 3.8) is 0 Å². The van der Waals surface area contributed by atoms with E-state index >= 15 is 0 Å². The summed E-state index contributed by atoms with van der Waals surface area (Å²) in [5.41, 5.74) is 0. The third-order valence-corrected chi connectivity index (χ3v) is 1.45. The minimum Gasteiger partial charge on any atom is -0.415 e.